The lowest BCUT2D eigenvalue weighted by atomic mass is 9.92. The quantitative estimate of drug-likeness (QED) is 0.590. The van der Waals surface area contributed by atoms with Crippen molar-refractivity contribution in [2.24, 2.45) is 0 Å². The second kappa shape index (κ2) is 3.01. The SMILES string of the molecule is [CH2-][NH+]1C2=C(CC3(CC3)[NH+]([CH2-])C2)c2ccccc21. The van der Waals surface area contributed by atoms with Crippen LogP contribution in [-0.4, -0.2) is 12.1 Å². The third-order valence-electron chi connectivity index (χ3n) is 4.81. The maximum atomic E-state index is 4.31. The zero-order valence-corrected chi connectivity index (χ0v) is 10.1. The van der Waals surface area contributed by atoms with Crippen LogP contribution in [-0.2, 0) is 0 Å². The van der Waals surface area contributed by atoms with E-state index in [0.717, 1.165) is 6.54 Å². The van der Waals surface area contributed by atoms with Gasteiger partial charge in [-0.25, -0.2) is 0 Å². The minimum Gasteiger partial charge on any atom is -0.455 e. The van der Waals surface area contributed by atoms with Gasteiger partial charge in [0.1, 0.15) is 17.9 Å². The Kier molecular flexibility index (Phi) is 1.74. The Morgan fingerprint density at radius 2 is 1.88 bits per heavy atom. The lowest BCUT2D eigenvalue weighted by Gasteiger charge is -2.37. The van der Waals surface area contributed by atoms with Crippen LogP contribution in [0.25, 0.3) is 5.57 Å². The maximum Gasteiger partial charge on any atom is 0.143 e. The van der Waals surface area contributed by atoms with Crippen molar-refractivity contribution in [2.45, 2.75) is 24.8 Å². The van der Waals surface area contributed by atoms with E-state index >= 15 is 0 Å². The van der Waals surface area contributed by atoms with Crippen molar-refractivity contribution < 1.29 is 9.80 Å². The van der Waals surface area contributed by atoms with Crippen LogP contribution in [0.5, 0.6) is 0 Å². The van der Waals surface area contributed by atoms with Crippen molar-refractivity contribution >= 4 is 11.3 Å². The summed E-state index contributed by atoms with van der Waals surface area (Å²) in [6.07, 6.45) is 3.89. The van der Waals surface area contributed by atoms with Crippen LogP contribution in [0, 0.1) is 14.1 Å². The fourth-order valence-corrected chi connectivity index (χ4v) is 3.48. The number of quaternary nitrogens is 2. The summed E-state index contributed by atoms with van der Waals surface area (Å²) in [5, 5.41) is 0. The highest BCUT2D eigenvalue weighted by molar-refractivity contribution is 5.79. The highest BCUT2D eigenvalue weighted by atomic mass is 15.3. The van der Waals surface area contributed by atoms with Crippen LogP contribution in [0.15, 0.2) is 30.0 Å². The molecule has 1 fully saturated rings. The van der Waals surface area contributed by atoms with Crippen LogP contribution >= 0.6 is 0 Å². The molecule has 88 valence electrons. The fraction of sp³-hybridized carbons (Fsp3) is 0.333. The molecular formula is C15H18N2. The molecule has 2 heteroatoms. The van der Waals surface area contributed by atoms with Gasteiger partial charge in [0.15, 0.2) is 0 Å². The average molecular weight is 226 g/mol. The number of hydrogen-bond donors (Lipinski definition) is 2. The predicted molar refractivity (Wildman–Crippen MR) is 67.1 cm³/mol. The normalized spacial score (nSPS) is 32.6. The van der Waals surface area contributed by atoms with Crippen molar-refractivity contribution in [3.63, 3.8) is 0 Å². The maximum absolute atomic E-state index is 4.31. The predicted octanol–water partition coefficient (Wildman–Crippen LogP) is 0.332. The molecule has 3 aliphatic rings. The van der Waals surface area contributed by atoms with E-state index in [-0.39, 0.29) is 0 Å². The van der Waals surface area contributed by atoms with Crippen LogP contribution in [0.3, 0.4) is 0 Å². The van der Waals surface area contributed by atoms with Gasteiger partial charge in [0, 0.05) is 30.4 Å². The summed E-state index contributed by atoms with van der Waals surface area (Å²) in [6, 6.07) is 8.72. The Morgan fingerprint density at radius 1 is 1.12 bits per heavy atom. The van der Waals surface area contributed by atoms with Crippen LogP contribution < -0.4 is 9.80 Å². The van der Waals surface area contributed by atoms with E-state index in [9.17, 15) is 0 Å². The first-order valence-electron chi connectivity index (χ1n) is 6.41. The summed E-state index contributed by atoms with van der Waals surface area (Å²) < 4.78 is 0. The van der Waals surface area contributed by atoms with Gasteiger partial charge in [-0.1, -0.05) is 12.1 Å². The molecule has 0 amide bonds. The Balaban J connectivity index is 1.85. The smallest absolute Gasteiger partial charge is 0.143 e. The molecule has 2 aliphatic heterocycles. The molecule has 17 heavy (non-hydrogen) atoms. The number of hydrogen-bond acceptors (Lipinski definition) is 0. The van der Waals surface area contributed by atoms with Gasteiger partial charge in [-0.2, -0.15) is 0 Å². The Bertz CT molecular complexity index is 525. The number of nitrogens with one attached hydrogen (secondary N) is 2. The number of fused-ring (bicyclic) bond motifs is 2. The van der Waals surface area contributed by atoms with Crippen LogP contribution in [0.1, 0.15) is 24.8 Å². The average Bonchev–Trinajstić information content (AvgIpc) is 3.07. The van der Waals surface area contributed by atoms with Gasteiger partial charge in [0.25, 0.3) is 0 Å². The topological polar surface area (TPSA) is 8.88 Å². The Hall–Kier alpha value is -1.12. The first kappa shape index (κ1) is 9.86. The lowest BCUT2D eigenvalue weighted by molar-refractivity contribution is -0.906. The highest BCUT2D eigenvalue weighted by Crippen LogP contribution is 2.45. The molecule has 1 aromatic rings. The summed E-state index contributed by atoms with van der Waals surface area (Å²) in [6.45, 7) is 1.06. The van der Waals surface area contributed by atoms with Gasteiger partial charge in [-0.15, -0.1) is 14.1 Å². The van der Waals surface area contributed by atoms with Crippen molar-refractivity contribution in [3.05, 3.63) is 49.6 Å². The minimum atomic E-state index is 0.469. The first-order chi connectivity index (χ1) is 8.21. The fourth-order valence-electron chi connectivity index (χ4n) is 3.48. The molecule has 2 heterocycles. The summed E-state index contributed by atoms with van der Waals surface area (Å²) in [4.78, 5) is 2.69. The second-order valence-electron chi connectivity index (χ2n) is 5.72. The minimum absolute atomic E-state index is 0.469. The third-order valence-corrected chi connectivity index (χ3v) is 4.81. The van der Waals surface area contributed by atoms with Crippen LogP contribution in [0.4, 0.5) is 5.69 Å². The molecule has 2 unspecified atom stereocenters. The van der Waals surface area contributed by atoms with Gasteiger partial charge in [-0.3, -0.25) is 0 Å². The third kappa shape index (κ3) is 1.17. The summed E-state index contributed by atoms with van der Waals surface area (Å²) in [5.74, 6) is 0. The highest BCUT2D eigenvalue weighted by Gasteiger charge is 2.53. The summed E-state index contributed by atoms with van der Waals surface area (Å²) in [7, 11) is 8.60. The van der Waals surface area contributed by atoms with E-state index < -0.39 is 0 Å². The first-order valence-corrected chi connectivity index (χ1v) is 6.41. The molecule has 0 aromatic heterocycles. The molecule has 1 spiro atoms. The largest absolute Gasteiger partial charge is 0.455 e. The van der Waals surface area contributed by atoms with Gasteiger partial charge in [-0.05, 0) is 12.1 Å². The van der Waals surface area contributed by atoms with Gasteiger partial charge in [0.2, 0.25) is 0 Å². The van der Waals surface area contributed by atoms with E-state index in [4.69, 9.17) is 0 Å². The zero-order valence-electron chi connectivity index (χ0n) is 10.1. The molecule has 0 saturated heterocycles. The lowest BCUT2D eigenvalue weighted by Crippen LogP contribution is -3.17. The van der Waals surface area contributed by atoms with Gasteiger partial charge >= 0.3 is 0 Å². The molecule has 0 bridgehead atoms. The second-order valence-corrected chi connectivity index (χ2v) is 5.72. The molecular weight excluding hydrogens is 208 g/mol. The van der Waals surface area contributed by atoms with Crippen LogP contribution in [0.2, 0.25) is 0 Å². The zero-order chi connectivity index (χ0) is 11.6. The molecule has 4 rings (SSSR count). The van der Waals surface area contributed by atoms with E-state index in [0.29, 0.717) is 5.54 Å². The van der Waals surface area contributed by atoms with E-state index in [2.05, 4.69) is 38.4 Å². The van der Waals surface area contributed by atoms with E-state index in [1.165, 1.54) is 46.0 Å². The molecule has 2 nitrogen and oxygen atoms in total. The van der Waals surface area contributed by atoms with Gasteiger partial charge in [0.05, 0.1) is 5.54 Å². The summed E-state index contributed by atoms with van der Waals surface area (Å²) in [5.41, 5.74) is 6.29. The standard InChI is InChI=1S/C15H18N2/c1-16-10-14-12(9-15(16)7-8-15)11-5-3-4-6-13(11)17(14)2/h3-6,16-17H,1-2,7-10H2. The summed E-state index contributed by atoms with van der Waals surface area (Å²) >= 11 is 0. The van der Waals surface area contributed by atoms with Crippen molar-refractivity contribution in [1.82, 2.24) is 0 Å². The molecule has 1 saturated carbocycles. The van der Waals surface area contributed by atoms with E-state index in [1.54, 1.807) is 5.57 Å². The monoisotopic (exact) mass is 226 g/mol. The molecule has 1 aliphatic carbocycles. The van der Waals surface area contributed by atoms with Crippen molar-refractivity contribution in [1.29, 1.82) is 0 Å². The number of benzene rings is 1. The number of para-hydroxylation sites is 1. The van der Waals surface area contributed by atoms with Crippen molar-refractivity contribution in [3.8, 4) is 0 Å². The molecule has 2 atom stereocenters. The Morgan fingerprint density at radius 3 is 2.65 bits per heavy atom. The molecule has 0 radical (unpaired) electrons. The number of rotatable bonds is 0. The van der Waals surface area contributed by atoms with Crippen molar-refractivity contribution in [2.75, 3.05) is 6.54 Å². The molecule has 1 aromatic carbocycles. The van der Waals surface area contributed by atoms with Gasteiger partial charge < -0.3 is 9.80 Å². The van der Waals surface area contributed by atoms with E-state index in [1.807, 2.05) is 0 Å². The molecule has 2 N–H and O–H groups in total. The Labute approximate surface area is 103 Å².